The average molecular weight is 370 g/mol. The molecule has 0 saturated carbocycles. The quantitative estimate of drug-likeness (QED) is 0.652. The lowest BCUT2D eigenvalue weighted by Crippen LogP contribution is -2.15. The largest absolute Gasteiger partial charge is 0.486 e. The van der Waals surface area contributed by atoms with Crippen LogP contribution in [0.4, 0.5) is 18.9 Å². The fraction of sp³-hybridized carbons (Fsp3) is 0.118. The topological polar surface area (TPSA) is 47.6 Å². The van der Waals surface area contributed by atoms with Crippen LogP contribution in [-0.4, -0.2) is 19.1 Å². The Bertz CT molecular complexity index is 871. The van der Waals surface area contributed by atoms with E-state index < -0.39 is 29.0 Å². The van der Waals surface area contributed by atoms with Crippen LogP contribution in [0.1, 0.15) is 5.56 Å². The first-order chi connectivity index (χ1) is 11.9. The Kier molecular flexibility index (Phi) is 4.85. The number of ether oxygens (including phenoxy) is 2. The third kappa shape index (κ3) is 3.88. The van der Waals surface area contributed by atoms with E-state index in [0.717, 1.165) is 6.08 Å². The number of hydrogen-bond donors (Lipinski definition) is 1. The number of amides is 1. The van der Waals surface area contributed by atoms with Crippen molar-refractivity contribution in [1.82, 2.24) is 0 Å². The van der Waals surface area contributed by atoms with Gasteiger partial charge in [0.05, 0.1) is 10.7 Å². The minimum Gasteiger partial charge on any atom is -0.486 e. The number of halogens is 4. The van der Waals surface area contributed by atoms with Gasteiger partial charge in [0, 0.05) is 18.2 Å². The number of carbonyl (C=O) groups excluding carboxylic acids is 1. The van der Waals surface area contributed by atoms with Gasteiger partial charge in [-0.15, -0.1) is 0 Å². The fourth-order valence-electron chi connectivity index (χ4n) is 2.19. The number of nitrogens with one attached hydrogen (secondary N) is 1. The first-order valence-corrected chi connectivity index (χ1v) is 7.54. The van der Waals surface area contributed by atoms with Crippen LogP contribution in [0.5, 0.6) is 11.5 Å². The van der Waals surface area contributed by atoms with E-state index in [1.165, 1.54) is 6.08 Å². The molecule has 1 N–H and O–H groups in total. The third-order valence-electron chi connectivity index (χ3n) is 3.31. The van der Waals surface area contributed by atoms with Crippen molar-refractivity contribution in [2.45, 2.75) is 0 Å². The minimum absolute atomic E-state index is 0.323. The highest BCUT2D eigenvalue weighted by molar-refractivity contribution is 6.32. The fourth-order valence-corrected chi connectivity index (χ4v) is 2.47. The molecular formula is C17H11ClF3NO3. The molecule has 2 aromatic carbocycles. The number of fused-ring (bicyclic) bond motifs is 1. The van der Waals surface area contributed by atoms with E-state index in [0.29, 0.717) is 47.4 Å². The van der Waals surface area contributed by atoms with Crippen LogP contribution in [0.2, 0.25) is 5.02 Å². The van der Waals surface area contributed by atoms with Crippen LogP contribution >= 0.6 is 11.6 Å². The smallest absolute Gasteiger partial charge is 0.248 e. The van der Waals surface area contributed by atoms with Gasteiger partial charge in [0.15, 0.2) is 23.1 Å². The molecule has 1 aliphatic rings. The van der Waals surface area contributed by atoms with Crippen LogP contribution in [0.15, 0.2) is 30.3 Å². The van der Waals surface area contributed by atoms with E-state index in [4.69, 9.17) is 21.1 Å². The van der Waals surface area contributed by atoms with Gasteiger partial charge in [-0.05, 0) is 23.8 Å². The summed E-state index contributed by atoms with van der Waals surface area (Å²) in [5.74, 6) is -3.53. The van der Waals surface area contributed by atoms with E-state index in [1.54, 1.807) is 12.1 Å². The van der Waals surface area contributed by atoms with Gasteiger partial charge in [0.2, 0.25) is 5.91 Å². The SMILES string of the molecule is O=C(/C=C/c1cc(Cl)c2c(c1)OCCO2)Nc1cc(F)c(F)cc1F. The number of carbonyl (C=O) groups is 1. The maximum atomic E-state index is 13.5. The Morgan fingerprint density at radius 2 is 1.76 bits per heavy atom. The number of benzene rings is 2. The molecule has 1 aliphatic heterocycles. The molecule has 25 heavy (non-hydrogen) atoms. The molecule has 0 aromatic heterocycles. The maximum absolute atomic E-state index is 13.5. The molecule has 0 bridgehead atoms. The Morgan fingerprint density at radius 1 is 1.04 bits per heavy atom. The summed E-state index contributed by atoms with van der Waals surface area (Å²) in [6.07, 6.45) is 2.51. The summed E-state index contributed by atoms with van der Waals surface area (Å²) in [4.78, 5) is 11.8. The molecule has 0 saturated heterocycles. The van der Waals surface area contributed by atoms with Crippen molar-refractivity contribution in [2.75, 3.05) is 18.5 Å². The maximum Gasteiger partial charge on any atom is 0.248 e. The van der Waals surface area contributed by atoms with Crippen LogP contribution in [0.3, 0.4) is 0 Å². The molecule has 4 nitrogen and oxygen atoms in total. The molecule has 0 fully saturated rings. The first-order valence-electron chi connectivity index (χ1n) is 7.17. The van der Waals surface area contributed by atoms with Crippen molar-refractivity contribution in [2.24, 2.45) is 0 Å². The predicted molar refractivity (Wildman–Crippen MR) is 86.4 cm³/mol. The second-order valence-electron chi connectivity index (χ2n) is 5.10. The van der Waals surface area contributed by atoms with Gasteiger partial charge in [-0.25, -0.2) is 13.2 Å². The highest BCUT2D eigenvalue weighted by Gasteiger charge is 2.16. The Labute approximate surface area is 145 Å². The molecule has 0 spiro atoms. The molecule has 1 amide bonds. The normalized spacial score (nSPS) is 13.1. The highest BCUT2D eigenvalue weighted by Crippen LogP contribution is 2.38. The number of rotatable bonds is 3. The molecule has 8 heteroatoms. The van der Waals surface area contributed by atoms with Crippen LogP contribution < -0.4 is 14.8 Å². The third-order valence-corrected chi connectivity index (χ3v) is 3.59. The van der Waals surface area contributed by atoms with E-state index in [1.807, 2.05) is 0 Å². The van der Waals surface area contributed by atoms with E-state index in [-0.39, 0.29) is 0 Å². The molecule has 0 unspecified atom stereocenters. The number of hydrogen-bond acceptors (Lipinski definition) is 3. The summed E-state index contributed by atoms with van der Waals surface area (Å²) in [7, 11) is 0. The van der Waals surface area contributed by atoms with Crippen LogP contribution in [-0.2, 0) is 4.79 Å². The van der Waals surface area contributed by atoms with Crippen molar-refractivity contribution in [3.05, 3.63) is 58.4 Å². The lowest BCUT2D eigenvalue weighted by molar-refractivity contribution is -0.111. The Morgan fingerprint density at radius 3 is 2.56 bits per heavy atom. The second kappa shape index (κ2) is 7.06. The first kappa shape index (κ1) is 17.2. The summed E-state index contributed by atoms with van der Waals surface area (Å²) < 4.78 is 50.3. The lowest BCUT2D eigenvalue weighted by atomic mass is 10.1. The highest BCUT2D eigenvalue weighted by atomic mass is 35.5. The van der Waals surface area contributed by atoms with Gasteiger partial charge >= 0.3 is 0 Å². The minimum atomic E-state index is -1.34. The summed E-state index contributed by atoms with van der Waals surface area (Å²) >= 11 is 6.08. The zero-order valence-electron chi connectivity index (χ0n) is 12.6. The van der Waals surface area contributed by atoms with Gasteiger partial charge in [0.25, 0.3) is 0 Å². The second-order valence-corrected chi connectivity index (χ2v) is 5.50. The van der Waals surface area contributed by atoms with Crippen molar-refractivity contribution in [3.63, 3.8) is 0 Å². The monoisotopic (exact) mass is 369 g/mol. The molecule has 0 radical (unpaired) electrons. The number of anilines is 1. The molecule has 2 aromatic rings. The van der Waals surface area contributed by atoms with Gasteiger partial charge < -0.3 is 14.8 Å². The van der Waals surface area contributed by atoms with Gasteiger partial charge in [-0.3, -0.25) is 4.79 Å². The van der Waals surface area contributed by atoms with E-state index in [2.05, 4.69) is 5.32 Å². The predicted octanol–water partition coefficient (Wildman–Crippen LogP) is 4.18. The molecule has 1 heterocycles. The summed E-state index contributed by atoms with van der Waals surface area (Å²) in [6, 6.07) is 4.12. The van der Waals surface area contributed by atoms with Gasteiger partial charge in [0.1, 0.15) is 19.0 Å². The average Bonchev–Trinajstić information content (AvgIpc) is 2.58. The van der Waals surface area contributed by atoms with Crippen molar-refractivity contribution >= 4 is 29.3 Å². The Balaban J connectivity index is 1.75. The molecule has 130 valence electrons. The standard InChI is InChI=1S/C17H11ClF3NO3/c18-10-5-9(6-15-17(10)25-4-3-24-15)1-2-16(23)22-14-8-12(20)11(19)7-13(14)21/h1-2,5-8H,3-4H2,(H,22,23)/b2-1+. The molecular weight excluding hydrogens is 359 g/mol. The van der Waals surface area contributed by atoms with Crippen molar-refractivity contribution < 1.29 is 27.4 Å². The molecule has 0 atom stereocenters. The molecule has 3 rings (SSSR count). The lowest BCUT2D eigenvalue weighted by Gasteiger charge is -2.19. The zero-order chi connectivity index (χ0) is 18.0. The molecule has 0 aliphatic carbocycles. The van der Waals surface area contributed by atoms with Crippen LogP contribution in [0.25, 0.3) is 6.08 Å². The summed E-state index contributed by atoms with van der Waals surface area (Å²) in [5, 5.41) is 2.45. The van der Waals surface area contributed by atoms with E-state index >= 15 is 0 Å². The summed E-state index contributed by atoms with van der Waals surface area (Å²) in [5.41, 5.74) is 0.0870. The van der Waals surface area contributed by atoms with Crippen molar-refractivity contribution in [1.29, 1.82) is 0 Å². The van der Waals surface area contributed by atoms with E-state index in [9.17, 15) is 18.0 Å². The van der Waals surface area contributed by atoms with Crippen LogP contribution in [0, 0.1) is 17.5 Å². The summed E-state index contributed by atoms with van der Waals surface area (Å²) in [6.45, 7) is 0.774. The van der Waals surface area contributed by atoms with Gasteiger partial charge in [-0.1, -0.05) is 11.6 Å². The Hall–Kier alpha value is -2.67. The van der Waals surface area contributed by atoms with Crippen molar-refractivity contribution in [3.8, 4) is 11.5 Å². The zero-order valence-corrected chi connectivity index (χ0v) is 13.4. The van der Waals surface area contributed by atoms with Gasteiger partial charge in [-0.2, -0.15) is 0 Å².